The van der Waals surface area contributed by atoms with Crippen molar-refractivity contribution in [3.63, 3.8) is 0 Å². The Kier molecular flexibility index (Phi) is 4.75. The number of halogens is 1. The van der Waals surface area contributed by atoms with Crippen LogP contribution in [0, 0.1) is 12.7 Å². The zero-order valence-corrected chi connectivity index (χ0v) is 15.3. The van der Waals surface area contributed by atoms with Gasteiger partial charge in [0, 0.05) is 44.0 Å². The summed E-state index contributed by atoms with van der Waals surface area (Å²) in [5, 5.41) is 0.852. The molecule has 0 N–H and O–H groups in total. The standard InChI is InChI=1S/C19H23FN2O2S/c1-13-16-11-14(20)4-5-17(16)25-18(13)19(23)22-8-6-21(7-9-22)12-15-3-2-10-24-15/h4-5,11,15H,2-3,6-10,12H2,1H3. The molecule has 1 amide bonds. The molecule has 134 valence electrons. The minimum absolute atomic E-state index is 0.0795. The fourth-order valence-electron chi connectivity index (χ4n) is 3.75. The van der Waals surface area contributed by atoms with Crippen LogP contribution in [0.15, 0.2) is 18.2 Å². The van der Waals surface area contributed by atoms with Crippen LogP contribution in [-0.4, -0.2) is 61.1 Å². The van der Waals surface area contributed by atoms with Crippen LogP contribution in [0.1, 0.15) is 28.1 Å². The molecule has 1 atom stereocenters. The molecule has 2 aromatic rings. The number of piperazine rings is 1. The number of nitrogens with zero attached hydrogens (tertiary/aromatic N) is 2. The Bertz CT molecular complexity index is 777. The number of hydrogen-bond acceptors (Lipinski definition) is 4. The van der Waals surface area contributed by atoms with Crippen molar-refractivity contribution >= 4 is 27.3 Å². The van der Waals surface area contributed by atoms with E-state index in [1.54, 1.807) is 6.07 Å². The summed E-state index contributed by atoms with van der Waals surface area (Å²) in [5.74, 6) is -0.175. The van der Waals surface area contributed by atoms with Crippen molar-refractivity contribution in [2.45, 2.75) is 25.9 Å². The fraction of sp³-hybridized carbons (Fsp3) is 0.526. The molecule has 2 aliphatic heterocycles. The number of ether oxygens (including phenoxy) is 1. The lowest BCUT2D eigenvalue weighted by atomic mass is 10.1. The number of hydrogen-bond donors (Lipinski definition) is 0. The maximum atomic E-state index is 13.5. The number of rotatable bonds is 3. The third kappa shape index (κ3) is 3.43. The van der Waals surface area contributed by atoms with Gasteiger partial charge < -0.3 is 9.64 Å². The minimum atomic E-state index is -0.254. The first-order chi connectivity index (χ1) is 12.1. The number of fused-ring (bicyclic) bond motifs is 1. The lowest BCUT2D eigenvalue weighted by Crippen LogP contribution is -2.50. The van der Waals surface area contributed by atoms with Gasteiger partial charge >= 0.3 is 0 Å². The van der Waals surface area contributed by atoms with E-state index in [0.29, 0.717) is 6.10 Å². The average molecular weight is 362 g/mol. The quantitative estimate of drug-likeness (QED) is 0.840. The highest BCUT2D eigenvalue weighted by Crippen LogP contribution is 2.32. The highest BCUT2D eigenvalue weighted by atomic mass is 32.1. The Hall–Kier alpha value is -1.50. The molecule has 25 heavy (non-hydrogen) atoms. The van der Waals surface area contributed by atoms with Crippen molar-refractivity contribution in [1.82, 2.24) is 9.80 Å². The van der Waals surface area contributed by atoms with Gasteiger partial charge in [-0.1, -0.05) is 0 Å². The van der Waals surface area contributed by atoms with Crippen LogP contribution in [0.5, 0.6) is 0 Å². The van der Waals surface area contributed by atoms with Gasteiger partial charge in [-0.25, -0.2) is 4.39 Å². The third-order valence-corrected chi connectivity index (χ3v) is 6.50. The second-order valence-electron chi connectivity index (χ2n) is 6.92. The van der Waals surface area contributed by atoms with E-state index in [-0.39, 0.29) is 11.7 Å². The van der Waals surface area contributed by atoms with Gasteiger partial charge in [-0.3, -0.25) is 9.69 Å². The maximum Gasteiger partial charge on any atom is 0.264 e. The molecule has 0 spiro atoms. The molecule has 4 nitrogen and oxygen atoms in total. The van der Waals surface area contributed by atoms with Gasteiger partial charge in [-0.2, -0.15) is 0 Å². The molecule has 3 heterocycles. The Morgan fingerprint density at radius 2 is 2.12 bits per heavy atom. The van der Waals surface area contributed by atoms with Crippen LogP contribution in [0.25, 0.3) is 10.1 Å². The molecule has 0 saturated carbocycles. The average Bonchev–Trinajstić information content (AvgIpc) is 3.23. The smallest absolute Gasteiger partial charge is 0.264 e. The van der Waals surface area contributed by atoms with Gasteiger partial charge in [-0.05, 0) is 48.9 Å². The van der Waals surface area contributed by atoms with Crippen LogP contribution >= 0.6 is 11.3 Å². The molecule has 0 bridgehead atoms. The van der Waals surface area contributed by atoms with Crippen LogP contribution in [-0.2, 0) is 4.74 Å². The summed E-state index contributed by atoms with van der Waals surface area (Å²) in [5.41, 5.74) is 0.895. The van der Waals surface area contributed by atoms with E-state index in [1.165, 1.54) is 23.5 Å². The zero-order chi connectivity index (χ0) is 17.4. The van der Waals surface area contributed by atoms with Gasteiger partial charge in [0.05, 0.1) is 11.0 Å². The summed E-state index contributed by atoms with van der Waals surface area (Å²) < 4.78 is 20.2. The van der Waals surface area contributed by atoms with E-state index >= 15 is 0 Å². The van der Waals surface area contributed by atoms with Crippen LogP contribution in [0.4, 0.5) is 4.39 Å². The van der Waals surface area contributed by atoms with Gasteiger partial charge in [-0.15, -0.1) is 11.3 Å². The van der Waals surface area contributed by atoms with Crippen LogP contribution < -0.4 is 0 Å². The minimum Gasteiger partial charge on any atom is -0.377 e. The lowest BCUT2D eigenvalue weighted by molar-refractivity contribution is 0.0435. The summed E-state index contributed by atoms with van der Waals surface area (Å²) in [6.45, 7) is 7.05. The molecule has 1 aromatic heterocycles. The van der Waals surface area contributed by atoms with E-state index in [2.05, 4.69) is 4.90 Å². The van der Waals surface area contributed by atoms with E-state index < -0.39 is 0 Å². The third-order valence-electron chi connectivity index (χ3n) is 5.24. The molecule has 2 fully saturated rings. The summed E-state index contributed by atoms with van der Waals surface area (Å²) in [6, 6.07) is 4.74. The van der Waals surface area contributed by atoms with Crippen molar-refractivity contribution in [2.24, 2.45) is 0 Å². The first-order valence-electron chi connectivity index (χ1n) is 8.94. The predicted octanol–water partition coefficient (Wildman–Crippen LogP) is 3.29. The molecule has 0 radical (unpaired) electrons. The highest BCUT2D eigenvalue weighted by Gasteiger charge is 2.27. The molecule has 4 rings (SSSR count). The molecule has 2 aliphatic rings. The van der Waals surface area contributed by atoms with E-state index in [0.717, 1.165) is 72.7 Å². The molecule has 2 saturated heterocycles. The van der Waals surface area contributed by atoms with E-state index in [1.807, 2.05) is 11.8 Å². The molecule has 6 heteroatoms. The molecule has 1 unspecified atom stereocenters. The maximum absolute atomic E-state index is 13.5. The summed E-state index contributed by atoms with van der Waals surface area (Å²) >= 11 is 1.47. The van der Waals surface area contributed by atoms with E-state index in [4.69, 9.17) is 4.74 Å². The summed E-state index contributed by atoms with van der Waals surface area (Å²) in [6.07, 6.45) is 2.67. The molecular weight excluding hydrogens is 339 g/mol. The number of thiophene rings is 1. The Balaban J connectivity index is 1.42. The second kappa shape index (κ2) is 7.02. The van der Waals surface area contributed by atoms with Crippen molar-refractivity contribution in [3.05, 3.63) is 34.5 Å². The largest absolute Gasteiger partial charge is 0.377 e. The first-order valence-corrected chi connectivity index (χ1v) is 9.75. The number of carbonyl (C=O) groups excluding carboxylic acids is 1. The monoisotopic (exact) mass is 362 g/mol. The Morgan fingerprint density at radius 1 is 1.32 bits per heavy atom. The normalized spacial score (nSPS) is 22.0. The molecular formula is C19H23FN2O2S. The van der Waals surface area contributed by atoms with Gasteiger partial charge in [0.25, 0.3) is 5.91 Å². The summed E-state index contributed by atoms with van der Waals surface area (Å²) in [7, 11) is 0. The SMILES string of the molecule is Cc1c(C(=O)N2CCN(CC3CCCO3)CC2)sc2ccc(F)cc12. The van der Waals surface area contributed by atoms with Gasteiger partial charge in [0.2, 0.25) is 0 Å². The number of aryl methyl sites for hydroxylation is 1. The van der Waals surface area contributed by atoms with Crippen molar-refractivity contribution in [2.75, 3.05) is 39.3 Å². The number of carbonyl (C=O) groups is 1. The molecule has 1 aromatic carbocycles. The Morgan fingerprint density at radius 3 is 2.84 bits per heavy atom. The lowest BCUT2D eigenvalue weighted by Gasteiger charge is -2.35. The van der Waals surface area contributed by atoms with Crippen molar-refractivity contribution in [3.8, 4) is 0 Å². The number of benzene rings is 1. The Labute approximate surface area is 151 Å². The first kappa shape index (κ1) is 16.9. The van der Waals surface area contributed by atoms with Gasteiger partial charge in [0.1, 0.15) is 5.82 Å². The van der Waals surface area contributed by atoms with E-state index in [9.17, 15) is 9.18 Å². The van der Waals surface area contributed by atoms with Gasteiger partial charge in [0.15, 0.2) is 0 Å². The fourth-order valence-corrected chi connectivity index (χ4v) is 4.91. The number of amides is 1. The van der Waals surface area contributed by atoms with Crippen LogP contribution in [0.3, 0.4) is 0 Å². The molecule has 0 aliphatic carbocycles. The van der Waals surface area contributed by atoms with Crippen molar-refractivity contribution < 1.29 is 13.9 Å². The zero-order valence-electron chi connectivity index (χ0n) is 14.5. The predicted molar refractivity (Wildman–Crippen MR) is 97.8 cm³/mol. The topological polar surface area (TPSA) is 32.8 Å². The van der Waals surface area contributed by atoms with Crippen molar-refractivity contribution in [1.29, 1.82) is 0 Å². The second-order valence-corrected chi connectivity index (χ2v) is 7.98. The summed E-state index contributed by atoms with van der Waals surface area (Å²) in [4.78, 5) is 18.0. The van der Waals surface area contributed by atoms with Crippen LogP contribution in [0.2, 0.25) is 0 Å². The highest BCUT2D eigenvalue weighted by molar-refractivity contribution is 7.21.